The van der Waals surface area contributed by atoms with Crippen LogP contribution in [-0.4, -0.2) is 15.8 Å². The number of anilines is 1. The molecule has 2 heterocycles. The van der Waals surface area contributed by atoms with Crippen molar-refractivity contribution in [2.24, 2.45) is 0 Å². The minimum Gasteiger partial charge on any atom is -0.298 e. The molecule has 1 amide bonds. The molecule has 0 bridgehead atoms. The van der Waals surface area contributed by atoms with Crippen LogP contribution in [0, 0.1) is 10.1 Å². The zero-order valence-corrected chi connectivity index (χ0v) is 15.9. The van der Waals surface area contributed by atoms with Crippen molar-refractivity contribution in [3.8, 4) is 0 Å². The number of carbonyl (C=O) groups is 1. The summed E-state index contributed by atoms with van der Waals surface area (Å²) in [5.41, 5.74) is 3.62. The Bertz CT molecular complexity index is 1280. The summed E-state index contributed by atoms with van der Waals surface area (Å²) in [6.45, 7) is 0. The van der Waals surface area contributed by atoms with Gasteiger partial charge in [0.1, 0.15) is 0 Å². The summed E-state index contributed by atoms with van der Waals surface area (Å²) in [6, 6.07) is 23.5. The monoisotopic (exact) mass is 395 g/mol. The van der Waals surface area contributed by atoms with E-state index in [1.165, 1.54) is 12.1 Å². The maximum absolute atomic E-state index is 13.7. The van der Waals surface area contributed by atoms with Gasteiger partial charge in [0.2, 0.25) is 0 Å². The van der Waals surface area contributed by atoms with Crippen molar-refractivity contribution >= 4 is 28.2 Å². The van der Waals surface area contributed by atoms with Gasteiger partial charge in [-0.2, -0.15) is 0 Å². The van der Waals surface area contributed by atoms with Crippen molar-refractivity contribution < 1.29 is 9.72 Å². The number of hydrogen-bond acceptors (Lipinski definition) is 4. The number of carbonyl (C=O) groups excluding carboxylic acids is 1. The van der Waals surface area contributed by atoms with E-state index in [9.17, 15) is 14.9 Å². The second-order valence-corrected chi connectivity index (χ2v) is 7.26. The van der Waals surface area contributed by atoms with Crippen molar-refractivity contribution in [1.82, 2.24) is 4.98 Å². The number of para-hydroxylation sites is 1. The van der Waals surface area contributed by atoms with Gasteiger partial charge in [-0.15, -0.1) is 0 Å². The van der Waals surface area contributed by atoms with Gasteiger partial charge in [0.05, 0.1) is 22.2 Å². The number of nitro benzene ring substituents is 1. The lowest BCUT2D eigenvalue weighted by molar-refractivity contribution is -0.384. The third-order valence-corrected chi connectivity index (χ3v) is 5.53. The Kier molecular flexibility index (Phi) is 4.25. The van der Waals surface area contributed by atoms with Crippen LogP contribution >= 0.6 is 0 Å². The maximum atomic E-state index is 13.7. The molecule has 0 fully saturated rings. The number of amides is 1. The Balaban J connectivity index is 1.73. The largest absolute Gasteiger partial charge is 0.298 e. The Hall–Kier alpha value is -4.06. The molecule has 0 aliphatic carbocycles. The number of benzene rings is 3. The molecule has 3 aromatic carbocycles. The van der Waals surface area contributed by atoms with Crippen molar-refractivity contribution in [2.45, 2.75) is 12.5 Å². The average Bonchev–Trinajstić information content (AvgIpc) is 2.79. The van der Waals surface area contributed by atoms with E-state index >= 15 is 0 Å². The van der Waals surface area contributed by atoms with Crippen LogP contribution in [0.2, 0.25) is 0 Å². The van der Waals surface area contributed by atoms with Gasteiger partial charge in [0.15, 0.2) is 0 Å². The molecule has 1 aliphatic heterocycles. The Morgan fingerprint density at radius 2 is 1.77 bits per heavy atom. The highest BCUT2D eigenvalue weighted by molar-refractivity contribution is 6.12. The SMILES string of the molecule is O=C1c2ccc([N+](=O)[O-])cc2CC(c2ccccc2)N1c1cccc2cccnc12. The molecule has 0 saturated heterocycles. The normalized spacial score (nSPS) is 15.8. The predicted molar refractivity (Wildman–Crippen MR) is 115 cm³/mol. The Morgan fingerprint density at radius 3 is 2.57 bits per heavy atom. The Labute approximate surface area is 172 Å². The van der Waals surface area contributed by atoms with E-state index in [4.69, 9.17) is 0 Å². The lowest BCUT2D eigenvalue weighted by atomic mass is 9.88. The molecule has 1 unspecified atom stereocenters. The van der Waals surface area contributed by atoms with E-state index in [-0.39, 0.29) is 17.6 Å². The zero-order valence-electron chi connectivity index (χ0n) is 15.9. The van der Waals surface area contributed by atoms with Gasteiger partial charge < -0.3 is 0 Å². The fourth-order valence-electron chi connectivity index (χ4n) is 4.14. The third-order valence-electron chi connectivity index (χ3n) is 5.53. The molecule has 1 aromatic heterocycles. The van der Waals surface area contributed by atoms with Crippen LogP contribution < -0.4 is 4.90 Å². The summed E-state index contributed by atoms with van der Waals surface area (Å²) in [4.78, 5) is 30.8. The molecule has 1 atom stereocenters. The van der Waals surface area contributed by atoms with Crippen LogP contribution in [0.3, 0.4) is 0 Å². The number of rotatable bonds is 3. The number of hydrogen-bond donors (Lipinski definition) is 0. The van der Waals surface area contributed by atoms with Gasteiger partial charge in [0, 0.05) is 29.3 Å². The number of nitro groups is 1. The maximum Gasteiger partial charge on any atom is 0.269 e. The first-order chi connectivity index (χ1) is 14.6. The molecular formula is C24H17N3O3. The molecule has 6 heteroatoms. The van der Waals surface area contributed by atoms with E-state index in [1.807, 2.05) is 60.7 Å². The van der Waals surface area contributed by atoms with Crippen molar-refractivity contribution in [1.29, 1.82) is 0 Å². The Morgan fingerprint density at radius 1 is 0.967 bits per heavy atom. The van der Waals surface area contributed by atoms with Crippen LogP contribution in [-0.2, 0) is 6.42 Å². The predicted octanol–water partition coefficient (Wildman–Crippen LogP) is 5.09. The third kappa shape index (κ3) is 2.90. The second kappa shape index (κ2) is 7.08. The molecule has 4 aromatic rings. The molecule has 0 radical (unpaired) electrons. The summed E-state index contributed by atoms with van der Waals surface area (Å²) < 4.78 is 0. The van der Waals surface area contributed by atoms with E-state index in [0.29, 0.717) is 17.5 Å². The van der Waals surface area contributed by atoms with Gasteiger partial charge in [-0.05, 0) is 35.7 Å². The summed E-state index contributed by atoms with van der Waals surface area (Å²) in [5.74, 6) is -0.182. The number of pyridine rings is 1. The topological polar surface area (TPSA) is 76.3 Å². The minimum absolute atomic E-state index is 0.00589. The van der Waals surface area contributed by atoms with Crippen LogP contribution in [0.5, 0.6) is 0 Å². The van der Waals surface area contributed by atoms with E-state index in [1.54, 1.807) is 17.2 Å². The summed E-state index contributed by atoms with van der Waals surface area (Å²) >= 11 is 0. The quantitative estimate of drug-likeness (QED) is 0.358. The van der Waals surface area contributed by atoms with Crippen molar-refractivity contribution in [3.63, 3.8) is 0 Å². The molecule has 1 aliphatic rings. The molecule has 5 rings (SSSR count). The first kappa shape index (κ1) is 18.0. The highest BCUT2D eigenvalue weighted by Crippen LogP contribution is 2.40. The molecule has 0 saturated carbocycles. The molecule has 146 valence electrons. The smallest absolute Gasteiger partial charge is 0.269 e. The molecule has 0 N–H and O–H groups in total. The van der Waals surface area contributed by atoms with E-state index in [2.05, 4.69) is 4.98 Å². The molecule has 0 spiro atoms. The number of fused-ring (bicyclic) bond motifs is 2. The van der Waals surface area contributed by atoms with Crippen LogP contribution in [0.4, 0.5) is 11.4 Å². The number of nitrogens with zero attached hydrogens (tertiary/aromatic N) is 3. The summed E-state index contributed by atoms with van der Waals surface area (Å²) in [7, 11) is 0. The zero-order chi connectivity index (χ0) is 20.7. The second-order valence-electron chi connectivity index (χ2n) is 7.26. The fraction of sp³-hybridized carbons (Fsp3) is 0.0833. The lowest BCUT2D eigenvalue weighted by Gasteiger charge is -2.37. The lowest BCUT2D eigenvalue weighted by Crippen LogP contribution is -2.40. The first-order valence-corrected chi connectivity index (χ1v) is 9.63. The molecular weight excluding hydrogens is 378 g/mol. The van der Waals surface area contributed by atoms with Gasteiger partial charge in [-0.3, -0.25) is 24.8 Å². The highest BCUT2D eigenvalue weighted by atomic mass is 16.6. The van der Waals surface area contributed by atoms with Crippen molar-refractivity contribution in [3.05, 3.63) is 112 Å². The van der Waals surface area contributed by atoms with Crippen LogP contribution in [0.15, 0.2) is 85.1 Å². The first-order valence-electron chi connectivity index (χ1n) is 9.63. The number of aromatic nitrogens is 1. The van der Waals surface area contributed by atoms with Gasteiger partial charge >= 0.3 is 0 Å². The number of non-ortho nitro benzene ring substituents is 1. The van der Waals surface area contributed by atoms with Gasteiger partial charge in [-0.1, -0.05) is 48.5 Å². The standard InChI is InChI=1S/C24H17N3O3/c28-24-20-12-11-19(27(29)30)14-18(20)15-22(16-6-2-1-3-7-16)26(24)21-10-4-8-17-9-5-13-25-23(17)21/h1-14,22H,15H2. The van der Waals surface area contributed by atoms with Crippen molar-refractivity contribution in [2.75, 3.05) is 4.90 Å². The van der Waals surface area contributed by atoms with Crippen LogP contribution in [0.25, 0.3) is 10.9 Å². The van der Waals surface area contributed by atoms with Crippen LogP contribution in [0.1, 0.15) is 27.5 Å². The van der Waals surface area contributed by atoms with E-state index in [0.717, 1.165) is 22.2 Å². The summed E-state index contributed by atoms with van der Waals surface area (Å²) in [6.07, 6.45) is 2.20. The average molecular weight is 395 g/mol. The fourth-order valence-corrected chi connectivity index (χ4v) is 4.14. The van der Waals surface area contributed by atoms with E-state index < -0.39 is 4.92 Å². The van der Waals surface area contributed by atoms with Gasteiger partial charge in [-0.25, -0.2) is 0 Å². The highest BCUT2D eigenvalue weighted by Gasteiger charge is 2.36. The summed E-state index contributed by atoms with van der Waals surface area (Å²) in [5, 5.41) is 12.2. The molecule has 30 heavy (non-hydrogen) atoms. The minimum atomic E-state index is -0.427. The molecule has 6 nitrogen and oxygen atoms in total. The van der Waals surface area contributed by atoms with Gasteiger partial charge in [0.25, 0.3) is 11.6 Å².